The van der Waals surface area contributed by atoms with Gasteiger partial charge in [-0.2, -0.15) is 5.26 Å². The molecule has 1 aromatic carbocycles. The number of halogens is 1. The molecule has 0 aromatic heterocycles. The van der Waals surface area contributed by atoms with Crippen molar-refractivity contribution < 1.29 is 9.53 Å². The lowest BCUT2D eigenvalue weighted by molar-refractivity contribution is 0.102. The lowest BCUT2D eigenvalue weighted by Crippen LogP contribution is -2.05. The quantitative estimate of drug-likeness (QED) is 0.625. The van der Waals surface area contributed by atoms with E-state index in [-0.39, 0.29) is 11.1 Å². The molecule has 0 heterocycles. The molecule has 0 bridgehead atoms. The molecular weight excluding hydrogens is 258 g/mol. The summed E-state index contributed by atoms with van der Waals surface area (Å²) in [5, 5.41) is 9.21. The van der Waals surface area contributed by atoms with E-state index in [4.69, 9.17) is 10.00 Å². The minimum absolute atomic E-state index is 0.0997. The van der Waals surface area contributed by atoms with E-state index in [0.717, 1.165) is 0 Å². The van der Waals surface area contributed by atoms with Crippen LogP contribution in [-0.2, 0) is 0 Å². The van der Waals surface area contributed by atoms with Crippen molar-refractivity contribution in [1.29, 1.82) is 5.26 Å². The largest absolute Gasteiger partial charge is 0.496 e. The second-order valence-corrected chi connectivity index (χ2v) is 3.54. The van der Waals surface area contributed by atoms with Crippen molar-refractivity contribution in [1.82, 2.24) is 0 Å². The molecule has 0 radical (unpaired) electrons. The first-order chi connectivity index (χ1) is 7.15. The zero-order valence-electron chi connectivity index (χ0n) is 8.50. The molecule has 3 nitrogen and oxygen atoms in total. The van der Waals surface area contributed by atoms with Crippen molar-refractivity contribution in [3.05, 3.63) is 28.8 Å². The third-order valence-corrected chi connectivity index (χ3v) is 2.68. The van der Waals surface area contributed by atoms with Crippen molar-refractivity contribution in [3.63, 3.8) is 0 Å². The number of rotatable bonds is 3. The molecule has 78 valence electrons. The van der Waals surface area contributed by atoms with E-state index in [2.05, 4.69) is 15.9 Å². The highest BCUT2D eigenvalue weighted by Gasteiger charge is 2.14. The van der Waals surface area contributed by atoms with Crippen LogP contribution in [0.4, 0.5) is 0 Å². The monoisotopic (exact) mass is 267 g/mol. The lowest BCUT2D eigenvalue weighted by atomic mass is 9.99. The highest BCUT2D eigenvalue weighted by atomic mass is 79.9. The maximum atomic E-state index is 11.5. The lowest BCUT2D eigenvalue weighted by Gasteiger charge is -2.08. The Hall–Kier alpha value is -1.34. The fourth-order valence-electron chi connectivity index (χ4n) is 1.36. The third-order valence-electron chi connectivity index (χ3n) is 2.17. The second kappa shape index (κ2) is 4.94. The fourth-order valence-corrected chi connectivity index (χ4v) is 1.66. The molecular formula is C11H10BrNO2. The number of hydrogen-bond acceptors (Lipinski definition) is 3. The summed E-state index contributed by atoms with van der Waals surface area (Å²) >= 11 is 3.08. The molecule has 1 rings (SSSR count). The minimum atomic E-state index is -0.0997. The Morgan fingerprint density at radius 1 is 1.60 bits per heavy atom. The Morgan fingerprint density at radius 2 is 2.27 bits per heavy atom. The first kappa shape index (κ1) is 11.7. The second-order valence-electron chi connectivity index (χ2n) is 2.98. The van der Waals surface area contributed by atoms with Gasteiger partial charge in [0.25, 0.3) is 0 Å². The molecule has 0 N–H and O–H groups in total. The van der Waals surface area contributed by atoms with E-state index in [1.54, 1.807) is 19.1 Å². The Bertz CT molecular complexity index is 435. The van der Waals surface area contributed by atoms with Gasteiger partial charge in [0, 0.05) is 11.1 Å². The summed E-state index contributed by atoms with van der Waals surface area (Å²) in [6.45, 7) is 1.77. The van der Waals surface area contributed by atoms with Crippen LogP contribution < -0.4 is 4.74 Å². The van der Waals surface area contributed by atoms with Crippen LogP contribution in [0.2, 0.25) is 0 Å². The normalized spacial score (nSPS) is 9.47. The van der Waals surface area contributed by atoms with Crippen LogP contribution in [-0.4, -0.2) is 18.2 Å². The maximum Gasteiger partial charge on any atom is 0.174 e. The molecule has 0 aliphatic rings. The van der Waals surface area contributed by atoms with Gasteiger partial charge < -0.3 is 4.74 Å². The standard InChI is InChI=1S/C11H10BrNO2/c1-7-9(6-13)8(10(14)5-12)3-4-11(7)15-2/h3-4H,5H2,1-2H3. The highest BCUT2D eigenvalue weighted by molar-refractivity contribution is 9.09. The summed E-state index contributed by atoms with van der Waals surface area (Å²) in [5.41, 5.74) is 1.53. The van der Waals surface area contributed by atoms with E-state index >= 15 is 0 Å². The third kappa shape index (κ3) is 2.18. The Morgan fingerprint density at radius 3 is 2.73 bits per heavy atom. The molecule has 0 saturated heterocycles. The zero-order chi connectivity index (χ0) is 11.4. The van der Waals surface area contributed by atoms with Crippen molar-refractivity contribution in [2.75, 3.05) is 12.4 Å². The van der Waals surface area contributed by atoms with Crippen LogP contribution in [0.15, 0.2) is 12.1 Å². The summed E-state index contributed by atoms with van der Waals surface area (Å²) in [5.74, 6) is 0.523. The van der Waals surface area contributed by atoms with Crippen molar-refractivity contribution >= 4 is 21.7 Å². The molecule has 0 aliphatic heterocycles. The number of carbonyl (C=O) groups is 1. The van der Waals surface area contributed by atoms with Gasteiger partial charge in [0.05, 0.1) is 18.0 Å². The van der Waals surface area contributed by atoms with E-state index in [1.807, 2.05) is 6.07 Å². The number of ketones is 1. The molecule has 0 atom stereocenters. The number of benzene rings is 1. The molecule has 15 heavy (non-hydrogen) atoms. The molecule has 4 heteroatoms. The molecule has 0 unspecified atom stereocenters. The first-order valence-corrected chi connectivity index (χ1v) is 5.44. The Balaban J connectivity index is 3.39. The summed E-state index contributed by atoms with van der Waals surface area (Å²) in [6, 6.07) is 5.35. The molecule has 0 spiro atoms. The van der Waals surface area contributed by atoms with Crippen LogP contribution in [0.5, 0.6) is 5.75 Å². The van der Waals surface area contributed by atoms with Gasteiger partial charge in [-0.3, -0.25) is 4.79 Å². The van der Waals surface area contributed by atoms with Crippen molar-refractivity contribution in [2.45, 2.75) is 6.92 Å². The zero-order valence-corrected chi connectivity index (χ0v) is 10.1. The van der Waals surface area contributed by atoms with E-state index in [0.29, 0.717) is 22.4 Å². The number of methoxy groups -OCH3 is 1. The number of Topliss-reactive ketones (excluding diaryl/α,β-unsaturated/α-hetero) is 1. The average molecular weight is 268 g/mol. The van der Waals surface area contributed by atoms with Gasteiger partial charge in [0.2, 0.25) is 0 Å². The fraction of sp³-hybridized carbons (Fsp3) is 0.273. The smallest absolute Gasteiger partial charge is 0.174 e. The maximum absolute atomic E-state index is 11.5. The van der Waals surface area contributed by atoms with Crippen LogP contribution in [0.1, 0.15) is 21.5 Å². The highest BCUT2D eigenvalue weighted by Crippen LogP contribution is 2.24. The molecule has 0 aliphatic carbocycles. The molecule has 0 amide bonds. The van der Waals surface area contributed by atoms with Crippen LogP contribution in [0, 0.1) is 18.3 Å². The summed E-state index contributed by atoms with van der Waals surface area (Å²) in [6.07, 6.45) is 0. The Kier molecular flexibility index (Phi) is 3.87. The van der Waals surface area contributed by atoms with E-state index in [1.165, 1.54) is 7.11 Å². The minimum Gasteiger partial charge on any atom is -0.496 e. The van der Waals surface area contributed by atoms with Gasteiger partial charge in [-0.1, -0.05) is 15.9 Å². The van der Waals surface area contributed by atoms with Crippen LogP contribution >= 0.6 is 15.9 Å². The number of carbonyl (C=O) groups excluding carboxylic acids is 1. The molecule has 0 fully saturated rings. The van der Waals surface area contributed by atoms with Gasteiger partial charge in [-0.15, -0.1) is 0 Å². The van der Waals surface area contributed by atoms with Gasteiger partial charge >= 0.3 is 0 Å². The number of nitrogens with zero attached hydrogens (tertiary/aromatic N) is 1. The van der Waals surface area contributed by atoms with Crippen molar-refractivity contribution in [3.8, 4) is 11.8 Å². The van der Waals surface area contributed by atoms with Gasteiger partial charge in [0.1, 0.15) is 11.8 Å². The summed E-state index contributed by atoms with van der Waals surface area (Å²) in [4.78, 5) is 11.5. The predicted octanol–water partition coefficient (Wildman–Crippen LogP) is 2.45. The summed E-state index contributed by atoms with van der Waals surface area (Å²) in [7, 11) is 1.54. The van der Waals surface area contributed by atoms with Gasteiger partial charge in [-0.25, -0.2) is 0 Å². The topological polar surface area (TPSA) is 50.1 Å². The Labute approximate surface area is 96.8 Å². The molecule has 1 aromatic rings. The van der Waals surface area contributed by atoms with Gasteiger partial charge in [0.15, 0.2) is 5.78 Å². The molecule has 0 saturated carbocycles. The SMILES string of the molecule is COc1ccc(C(=O)CBr)c(C#N)c1C. The number of alkyl halides is 1. The van der Waals surface area contributed by atoms with Gasteiger partial charge in [-0.05, 0) is 19.1 Å². The van der Waals surface area contributed by atoms with E-state index < -0.39 is 0 Å². The average Bonchev–Trinajstić information content (AvgIpc) is 2.27. The predicted molar refractivity (Wildman–Crippen MR) is 60.6 cm³/mol. The summed E-state index contributed by atoms with van der Waals surface area (Å²) < 4.78 is 5.08. The van der Waals surface area contributed by atoms with Crippen molar-refractivity contribution in [2.24, 2.45) is 0 Å². The van der Waals surface area contributed by atoms with E-state index in [9.17, 15) is 4.79 Å². The van der Waals surface area contributed by atoms with Crippen LogP contribution in [0.3, 0.4) is 0 Å². The van der Waals surface area contributed by atoms with Crippen LogP contribution in [0.25, 0.3) is 0 Å². The number of hydrogen-bond donors (Lipinski definition) is 0. The number of nitriles is 1. The number of ether oxygens (including phenoxy) is 1. The first-order valence-electron chi connectivity index (χ1n) is 4.32.